The molecule has 0 fully saturated rings. The van der Waals surface area contributed by atoms with Gasteiger partial charge in [-0.1, -0.05) is 25.0 Å². The predicted molar refractivity (Wildman–Crippen MR) is 82.8 cm³/mol. The Morgan fingerprint density at radius 2 is 2.05 bits per heavy atom. The van der Waals surface area contributed by atoms with E-state index in [1.807, 2.05) is 6.92 Å². The van der Waals surface area contributed by atoms with E-state index in [-0.39, 0.29) is 12.6 Å². The molecule has 1 rings (SSSR count). The highest BCUT2D eigenvalue weighted by molar-refractivity contribution is 5.90. The average Bonchev–Trinajstić information content (AvgIpc) is 2.46. The zero-order valence-electron chi connectivity index (χ0n) is 11.9. The van der Waals surface area contributed by atoms with Gasteiger partial charge >= 0.3 is 12.0 Å². The number of aliphatic carboxylic acids is 1. The van der Waals surface area contributed by atoms with Crippen LogP contribution in [0.5, 0.6) is 0 Å². The number of anilines is 1. The molecule has 0 unspecified atom stereocenters. The number of carboxylic acid groups (broad SMARTS) is 1. The molecule has 0 heterocycles. The number of benzene rings is 1. The zero-order valence-corrected chi connectivity index (χ0v) is 11.9. The molecule has 0 spiro atoms. The molecule has 0 saturated carbocycles. The second kappa shape index (κ2) is 8.43. The van der Waals surface area contributed by atoms with E-state index in [0.29, 0.717) is 12.2 Å². The number of carbonyl (C=O) groups excluding carboxylic acids is 1. The lowest BCUT2D eigenvalue weighted by atomic mass is 10.2. The predicted octanol–water partition coefficient (Wildman–Crippen LogP) is 2.66. The number of carboxylic acids is 1. The van der Waals surface area contributed by atoms with E-state index in [1.165, 1.54) is 6.08 Å². The third-order valence-electron chi connectivity index (χ3n) is 2.64. The van der Waals surface area contributed by atoms with E-state index in [0.717, 1.165) is 18.1 Å². The second-order valence-corrected chi connectivity index (χ2v) is 4.35. The molecule has 0 aromatic heterocycles. The number of nitrogens with zero attached hydrogens (tertiary/aromatic N) is 1. The molecule has 2 N–H and O–H groups in total. The monoisotopic (exact) mass is 286 g/mol. The molecular formula is C16H18N2O3. The van der Waals surface area contributed by atoms with Gasteiger partial charge in [-0.15, -0.1) is 6.42 Å². The summed E-state index contributed by atoms with van der Waals surface area (Å²) in [5.41, 5.74) is 1.37. The van der Waals surface area contributed by atoms with Crippen LogP contribution in [0, 0.1) is 12.3 Å². The lowest BCUT2D eigenvalue weighted by Crippen LogP contribution is -2.35. The number of urea groups is 1. The maximum Gasteiger partial charge on any atom is 0.328 e. The van der Waals surface area contributed by atoms with Gasteiger partial charge in [0.15, 0.2) is 0 Å². The van der Waals surface area contributed by atoms with Crippen LogP contribution in [0.4, 0.5) is 10.5 Å². The molecule has 0 bridgehead atoms. The quantitative estimate of drug-likeness (QED) is 0.624. The maximum absolute atomic E-state index is 12.0. The molecule has 21 heavy (non-hydrogen) atoms. The highest BCUT2D eigenvalue weighted by Gasteiger charge is 2.11. The van der Waals surface area contributed by atoms with Crippen LogP contribution < -0.4 is 5.32 Å². The lowest BCUT2D eigenvalue weighted by molar-refractivity contribution is -0.131. The van der Waals surface area contributed by atoms with Crippen LogP contribution in [-0.2, 0) is 4.79 Å². The fourth-order valence-electron chi connectivity index (χ4n) is 1.68. The van der Waals surface area contributed by atoms with Crippen molar-refractivity contribution in [3.05, 3.63) is 35.9 Å². The van der Waals surface area contributed by atoms with Crippen LogP contribution in [0.2, 0.25) is 0 Å². The van der Waals surface area contributed by atoms with Gasteiger partial charge in [-0.2, -0.15) is 0 Å². The van der Waals surface area contributed by atoms with Crippen molar-refractivity contribution in [2.75, 3.05) is 18.4 Å². The fourth-order valence-corrected chi connectivity index (χ4v) is 1.68. The van der Waals surface area contributed by atoms with E-state index >= 15 is 0 Å². The summed E-state index contributed by atoms with van der Waals surface area (Å²) < 4.78 is 0. The molecule has 0 atom stereocenters. The number of nitrogens with one attached hydrogen (secondary N) is 1. The molecule has 110 valence electrons. The van der Waals surface area contributed by atoms with Crippen LogP contribution >= 0.6 is 0 Å². The third-order valence-corrected chi connectivity index (χ3v) is 2.64. The number of rotatable bonds is 6. The Bertz CT molecular complexity index is 556. The van der Waals surface area contributed by atoms with Crippen LogP contribution in [0.1, 0.15) is 18.9 Å². The van der Waals surface area contributed by atoms with Crippen molar-refractivity contribution in [2.24, 2.45) is 0 Å². The first kappa shape index (κ1) is 16.3. The SMILES string of the molecule is C#CCN(CCC)C(=O)Nc1ccc(/C=C/C(=O)O)cc1. The Hall–Kier alpha value is -2.74. The molecule has 5 heteroatoms. The summed E-state index contributed by atoms with van der Waals surface area (Å²) in [4.78, 5) is 24.0. The first-order chi connectivity index (χ1) is 10.1. The Balaban J connectivity index is 2.68. The normalized spacial score (nSPS) is 10.1. The summed E-state index contributed by atoms with van der Waals surface area (Å²) >= 11 is 0. The van der Waals surface area contributed by atoms with Gasteiger partial charge in [0, 0.05) is 18.3 Å². The lowest BCUT2D eigenvalue weighted by Gasteiger charge is -2.20. The number of amides is 2. The van der Waals surface area contributed by atoms with Gasteiger partial charge in [-0.25, -0.2) is 9.59 Å². The molecule has 0 aliphatic heterocycles. The molecule has 5 nitrogen and oxygen atoms in total. The van der Waals surface area contributed by atoms with Crippen molar-refractivity contribution in [2.45, 2.75) is 13.3 Å². The van der Waals surface area contributed by atoms with Gasteiger partial charge in [0.2, 0.25) is 0 Å². The van der Waals surface area contributed by atoms with E-state index < -0.39 is 5.97 Å². The Morgan fingerprint density at radius 1 is 1.38 bits per heavy atom. The minimum atomic E-state index is -1.00. The highest BCUT2D eigenvalue weighted by Crippen LogP contribution is 2.11. The summed E-state index contributed by atoms with van der Waals surface area (Å²) in [6, 6.07) is 6.61. The van der Waals surface area contributed by atoms with Crippen molar-refractivity contribution in [3.8, 4) is 12.3 Å². The van der Waals surface area contributed by atoms with E-state index in [1.54, 1.807) is 29.2 Å². The van der Waals surface area contributed by atoms with Gasteiger partial charge in [-0.3, -0.25) is 0 Å². The minimum absolute atomic E-state index is 0.247. The van der Waals surface area contributed by atoms with Gasteiger partial charge in [0.25, 0.3) is 0 Å². The van der Waals surface area contributed by atoms with Crippen LogP contribution in [-0.4, -0.2) is 35.1 Å². The molecular weight excluding hydrogens is 268 g/mol. The molecule has 0 radical (unpaired) electrons. The average molecular weight is 286 g/mol. The summed E-state index contributed by atoms with van der Waals surface area (Å²) in [5, 5.41) is 11.3. The highest BCUT2D eigenvalue weighted by atomic mass is 16.4. The Labute approximate surface area is 124 Å². The fraction of sp³-hybridized carbons (Fsp3) is 0.250. The minimum Gasteiger partial charge on any atom is -0.478 e. The van der Waals surface area contributed by atoms with Crippen molar-refractivity contribution >= 4 is 23.8 Å². The standard InChI is InChI=1S/C16H18N2O3/c1-3-11-18(12-4-2)16(21)17-14-8-5-13(6-9-14)7-10-15(19)20/h1,5-10H,4,11-12H2,2H3,(H,17,21)(H,19,20)/b10-7+. The number of hydrogen-bond donors (Lipinski definition) is 2. The Kier molecular flexibility index (Phi) is 6.55. The maximum atomic E-state index is 12.0. The van der Waals surface area contributed by atoms with E-state index in [4.69, 9.17) is 11.5 Å². The zero-order chi connectivity index (χ0) is 15.7. The van der Waals surface area contributed by atoms with Crippen molar-refractivity contribution in [1.29, 1.82) is 0 Å². The van der Waals surface area contributed by atoms with Crippen molar-refractivity contribution in [3.63, 3.8) is 0 Å². The molecule has 2 amide bonds. The molecule has 0 aliphatic carbocycles. The topological polar surface area (TPSA) is 69.6 Å². The van der Waals surface area contributed by atoms with Crippen molar-refractivity contribution < 1.29 is 14.7 Å². The van der Waals surface area contributed by atoms with Gasteiger partial charge in [-0.05, 0) is 30.2 Å². The third kappa shape index (κ3) is 5.83. The number of hydrogen-bond acceptors (Lipinski definition) is 2. The second-order valence-electron chi connectivity index (χ2n) is 4.35. The van der Waals surface area contributed by atoms with Crippen LogP contribution in [0.25, 0.3) is 6.08 Å². The summed E-state index contributed by atoms with van der Waals surface area (Å²) in [5.74, 6) is 1.45. The first-order valence-electron chi connectivity index (χ1n) is 6.57. The molecule has 0 aliphatic rings. The van der Waals surface area contributed by atoms with Crippen LogP contribution in [0.15, 0.2) is 30.3 Å². The van der Waals surface area contributed by atoms with Crippen molar-refractivity contribution in [1.82, 2.24) is 4.90 Å². The largest absolute Gasteiger partial charge is 0.478 e. The number of carbonyl (C=O) groups is 2. The number of terminal acetylenes is 1. The molecule has 1 aromatic carbocycles. The van der Waals surface area contributed by atoms with Gasteiger partial charge < -0.3 is 15.3 Å². The molecule has 1 aromatic rings. The van der Waals surface area contributed by atoms with Gasteiger partial charge in [0.05, 0.1) is 6.54 Å². The summed E-state index contributed by atoms with van der Waals surface area (Å²) in [7, 11) is 0. The van der Waals surface area contributed by atoms with E-state index in [9.17, 15) is 9.59 Å². The Morgan fingerprint density at radius 3 is 2.57 bits per heavy atom. The van der Waals surface area contributed by atoms with Gasteiger partial charge in [0.1, 0.15) is 0 Å². The van der Waals surface area contributed by atoms with Crippen LogP contribution in [0.3, 0.4) is 0 Å². The first-order valence-corrected chi connectivity index (χ1v) is 6.57. The molecule has 0 saturated heterocycles. The summed E-state index contributed by atoms with van der Waals surface area (Å²) in [6.45, 7) is 2.83. The van der Waals surface area contributed by atoms with E-state index in [2.05, 4.69) is 11.2 Å². The smallest absolute Gasteiger partial charge is 0.328 e. The summed E-state index contributed by atoms with van der Waals surface area (Å²) in [6.07, 6.45) is 8.61.